The predicted octanol–water partition coefficient (Wildman–Crippen LogP) is 3.10. The maximum atomic E-state index is 5.30. The Labute approximate surface area is 118 Å². The molecular weight excluding hydrogens is 250 g/mol. The fraction of sp³-hybridized carbons (Fsp3) is 0.235. The number of fused-ring (bicyclic) bond motifs is 1. The topological polar surface area (TPSA) is 30.8 Å². The molecule has 0 aliphatic carbocycles. The van der Waals surface area contributed by atoms with Crippen molar-refractivity contribution in [2.75, 3.05) is 20.8 Å². The van der Waals surface area contributed by atoms with Crippen molar-refractivity contribution in [3.63, 3.8) is 0 Å². The Bertz CT molecular complexity index is 645. The molecule has 102 valence electrons. The standard InChI is InChI=1S/C17H17NO2/c1-19-14-5-3-12(4-6-14)17-16-8-7-15(20-2)11-13(16)9-10-18-17/h3-8,11H,9-10H2,1-2H3. The summed E-state index contributed by atoms with van der Waals surface area (Å²) in [5.41, 5.74) is 4.67. The van der Waals surface area contributed by atoms with E-state index in [0.717, 1.165) is 35.7 Å². The van der Waals surface area contributed by atoms with Gasteiger partial charge in [-0.2, -0.15) is 0 Å². The lowest BCUT2D eigenvalue weighted by atomic mass is 9.93. The molecule has 2 aromatic rings. The molecule has 2 aromatic carbocycles. The van der Waals surface area contributed by atoms with Crippen LogP contribution in [-0.2, 0) is 6.42 Å². The van der Waals surface area contributed by atoms with Crippen molar-refractivity contribution in [1.29, 1.82) is 0 Å². The highest BCUT2D eigenvalue weighted by Crippen LogP contribution is 2.25. The number of rotatable bonds is 3. The molecule has 1 heterocycles. The van der Waals surface area contributed by atoms with Crippen molar-refractivity contribution in [3.05, 3.63) is 59.2 Å². The van der Waals surface area contributed by atoms with Crippen molar-refractivity contribution in [2.24, 2.45) is 4.99 Å². The van der Waals surface area contributed by atoms with Crippen LogP contribution in [0.4, 0.5) is 0 Å². The minimum absolute atomic E-state index is 0.821. The average Bonchev–Trinajstić information content (AvgIpc) is 2.54. The number of benzene rings is 2. The van der Waals surface area contributed by atoms with Gasteiger partial charge in [-0.25, -0.2) is 0 Å². The Morgan fingerprint density at radius 2 is 1.60 bits per heavy atom. The van der Waals surface area contributed by atoms with Crippen LogP contribution in [0.5, 0.6) is 11.5 Å². The first-order valence-electron chi connectivity index (χ1n) is 6.68. The van der Waals surface area contributed by atoms with E-state index in [1.165, 1.54) is 11.1 Å². The lowest BCUT2D eigenvalue weighted by Gasteiger charge is -2.18. The molecule has 1 aliphatic rings. The summed E-state index contributed by atoms with van der Waals surface area (Å²) in [4.78, 5) is 4.69. The minimum atomic E-state index is 0.821. The molecule has 0 fully saturated rings. The number of nitrogens with zero attached hydrogens (tertiary/aromatic N) is 1. The van der Waals surface area contributed by atoms with Gasteiger partial charge in [0.2, 0.25) is 0 Å². The summed E-state index contributed by atoms with van der Waals surface area (Å²) in [6.45, 7) is 0.821. The Balaban J connectivity index is 2.01. The molecular formula is C17H17NO2. The SMILES string of the molecule is COc1ccc(C2=NCCc3cc(OC)ccc32)cc1. The number of methoxy groups -OCH3 is 2. The van der Waals surface area contributed by atoms with Crippen molar-refractivity contribution in [2.45, 2.75) is 6.42 Å². The monoisotopic (exact) mass is 267 g/mol. The van der Waals surface area contributed by atoms with Crippen LogP contribution < -0.4 is 9.47 Å². The van der Waals surface area contributed by atoms with Crippen LogP contribution in [-0.4, -0.2) is 26.5 Å². The zero-order valence-corrected chi connectivity index (χ0v) is 11.7. The largest absolute Gasteiger partial charge is 0.497 e. The van der Waals surface area contributed by atoms with Crippen LogP contribution in [0, 0.1) is 0 Å². The number of hydrogen-bond acceptors (Lipinski definition) is 3. The summed E-state index contributed by atoms with van der Waals surface area (Å²) >= 11 is 0. The van der Waals surface area contributed by atoms with Gasteiger partial charge in [-0.15, -0.1) is 0 Å². The van der Waals surface area contributed by atoms with Crippen LogP contribution >= 0.6 is 0 Å². The molecule has 3 nitrogen and oxygen atoms in total. The molecule has 0 atom stereocenters. The molecule has 0 saturated heterocycles. The molecule has 0 radical (unpaired) electrons. The fourth-order valence-electron chi connectivity index (χ4n) is 2.50. The highest BCUT2D eigenvalue weighted by molar-refractivity contribution is 6.14. The van der Waals surface area contributed by atoms with E-state index in [0.29, 0.717) is 0 Å². The predicted molar refractivity (Wildman–Crippen MR) is 80.2 cm³/mol. The van der Waals surface area contributed by atoms with Crippen molar-refractivity contribution in [3.8, 4) is 11.5 Å². The van der Waals surface area contributed by atoms with Crippen molar-refractivity contribution < 1.29 is 9.47 Å². The van der Waals surface area contributed by atoms with E-state index in [1.807, 2.05) is 18.2 Å². The second-order valence-electron chi connectivity index (χ2n) is 4.73. The zero-order valence-electron chi connectivity index (χ0n) is 11.7. The van der Waals surface area contributed by atoms with Crippen molar-refractivity contribution in [1.82, 2.24) is 0 Å². The zero-order chi connectivity index (χ0) is 13.9. The first-order valence-corrected chi connectivity index (χ1v) is 6.68. The number of aliphatic imine (C=N–C) groups is 1. The van der Waals surface area contributed by atoms with Crippen molar-refractivity contribution >= 4 is 5.71 Å². The molecule has 0 amide bonds. The third-order valence-corrected chi connectivity index (χ3v) is 3.58. The number of ether oxygens (including phenoxy) is 2. The molecule has 3 heteroatoms. The van der Waals surface area contributed by atoms with Gasteiger partial charge in [0.05, 0.1) is 19.9 Å². The van der Waals surface area contributed by atoms with Crippen LogP contribution in [0.25, 0.3) is 0 Å². The summed E-state index contributed by atoms with van der Waals surface area (Å²) in [5.74, 6) is 1.76. The van der Waals surface area contributed by atoms with Gasteiger partial charge in [0.25, 0.3) is 0 Å². The number of hydrogen-bond donors (Lipinski definition) is 0. The van der Waals surface area contributed by atoms with Gasteiger partial charge in [-0.3, -0.25) is 4.99 Å². The second-order valence-corrected chi connectivity index (χ2v) is 4.73. The summed E-state index contributed by atoms with van der Waals surface area (Å²) < 4.78 is 10.5. The van der Waals surface area contributed by atoms with Crippen LogP contribution in [0.1, 0.15) is 16.7 Å². The van der Waals surface area contributed by atoms with Gasteiger partial charge in [0.1, 0.15) is 11.5 Å². The van der Waals surface area contributed by atoms with E-state index in [-0.39, 0.29) is 0 Å². The van der Waals surface area contributed by atoms with E-state index in [2.05, 4.69) is 29.3 Å². The van der Waals surface area contributed by atoms with Crippen LogP contribution in [0.15, 0.2) is 47.5 Å². The molecule has 0 N–H and O–H groups in total. The summed E-state index contributed by atoms with van der Waals surface area (Å²) in [6, 6.07) is 14.2. The molecule has 0 spiro atoms. The molecule has 0 bridgehead atoms. The Hall–Kier alpha value is -2.29. The lowest BCUT2D eigenvalue weighted by molar-refractivity contribution is 0.414. The average molecular weight is 267 g/mol. The maximum Gasteiger partial charge on any atom is 0.119 e. The highest BCUT2D eigenvalue weighted by Gasteiger charge is 2.16. The first kappa shape index (κ1) is 12.7. The summed E-state index contributed by atoms with van der Waals surface area (Å²) in [6.07, 6.45) is 0.964. The normalized spacial score (nSPS) is 13.4. The van der Waals surface area contributed by atoms with Gasteiger partial charge in [0.15, 0.2) is 0 Å². The fourth-order valence-corrected chi connectivity index (χ4v) is 2.50. The van der Waals surface area contributed by atoms with E-state index in [9.17, 15) is 0 Å². The highest BCUT2D eigenvalue weighted by atomic mass is 16.5. The van der Waals surface area contributed by atoms with Crippen LogP contribution in [0.2, 0.25) is 0 Å². The molecule has 0 saturated carbocycles. The Morgan fingerprint density at radius 3 is 2.30 bits per heavy atom. The van der Waals surface area contributed by atoms with Crippen LogP contribution in [0.3, 0.4) is 0 Å². The van der Waals surface area contributed by atoms with E-state index >= 15 is 0 Å². The Kier molecular flexibility index (Phi) is 3.42. The van der Waals surface area contributed by atoms with E-state index in [4.69, 9.17) is 9.47 Å². The Morgan fingerprint density at radius 1 is 0.900 bits per heavy atom. The smallest absolute Gasteiger partial charge is 0.119 e. The molecule has 20 heavy (non-hydrogen) atoms. The van der Waals surface area contributed by atoms with Gasteiger partial charge in [-0.1, -0.05) is 0 Å². The molecule has 3 rings (SSSR count). The lowest BCUT2D eigenvalue weighted by Crippen LogP contribution is -2.14. The first-order chi connectivity index (χ1) is 9.81. The maximum absolute atomic E-state index is 5.30. The van der Waals surface area contributed by atoms with E-state index in [1.54, 1.807) is 14.2 Å². The third-order valence-electron chi connectivity index (χ3n) is 3.58. The van der Waals surface area contributed by atoms with E-state index < -0.39 is 0 Å². The molecule has 1 aliphatic heterocycles. The quantitative estimate of drug-likeness (QED) is 0.855. The third kappa shape index (κ3) is 2.27. The molecule has 0 aromatic heterocycles. The minimum Gasteiger partial charge on any atom is -0.497 e. The van der Waals surface area contributed by atoms with Gasteiger partial charge in [-0.05, 0) is 54.4 Å². The second kappa shape index (κ2) is 5.37. The van der Waals surface area contributed by atoms with Gasteiger partial charge < -0.3 is 9.47 Å². The van der Waals surface area contributed by atoms with Gasteiger partial charge in [0, 0.05) is 17.7 Å². The van der Waals surface area contributed by atoms with Gasteiger partial charge >= 0.3 is 0 Å². The summed E-state index contributed by atoms with van der Waals surface area (Å²) in [5, 5.41) is 0. The summed E-state index contributed by atoms with van der Waals surface area (Å²) in [7, 11) is 3.37. The molecule has 0 unspecified atom stereocenters.